The summed E-state index contributed by atoms with van der Waals surface area (Å²) < 4.78 is 9.48. The van der Waals surface area contributed by atoms with Gasteiger partial charge in [0.1, 0.15) is 5.75 Å². The predicted molar refractivity (Wildman–Crippen MR) is 71.8 cm³/mol. The number of aromatic nitrogens is 4. The first-order chi connectivity index (χ1) is 8.69. The molecular formula is C12H12N4OS. The molecule has 0 fully saturated rings. The molecule has 3 aromatic rings. The molecular weight excluding hydrogens is 248 g/mol. The van der Waals surface area contributed by atoms with Gasteiger partial charge in [-0.05, 0) is 24.4 Å². The summed E-state index contributed by atoms with van der Waals surface area (Å²) >= 11 is 5.34. The number of aryl methyl sites for hydroxylation is 1. The fourth-order valence-electron chi connectivity index (χ4n) is 1.97. The van der Waals surface area contributed by atoms with Crippen molar-refractivity contribution in [3.63, 3.8) is 0 Å². The molecule has 2 aromatic heterocycles. The van der Waals surface area contributed by atoms with Crippen LogP contribution < -0.4 is 4.74 Å². The van der Waals surface area contributed by atoms with Crippen LogP contribution in [0.25, 0.3) is 16.9 Å². The number of nitrogens with zero attached hydrogens (tertiary/aromatic N) is 3. The van der Waals surface area contributed by atoms with E-state index in [-0.39, 0.29) is 0 Å². The second kappa shape index (κ2) is 3.99. The third kappa shape index (κ3) is 1.62. The van der Waals surface area contributed by atoms with Crippen molar-refractivity contribution in [1.82, 2.24) is 19.3 Å². The van der Waals surface area contributed by atoms with Gasteiger partial charge in [0.15, 0.2) is 10.6 Å². The second-order valence-electron chi connectivity index (χ2n) is 4.00. The number of aromatic amines is 1. The van der Waals surface area contributed by atoms with Crippen molar-refractivity contribution in [2.75, 3.05) is 7.11 Å². The summed E-state index contributed by atoms with van der Waals surface area (Å²) in [5, 5.41) is 4.37. The summed E-state index contributed by atoms with van der Waals surface area (Å²) in [7, 11) is 3.52. The molecule has 0 aliphatic heterocycles. The molecule has 6 heteroatoms. The van der Waals surface area contributed by atoms with Gasteiger partial charge < -0.3 is 9.72 Å². The minimum Gasteiger partial charge on any atom is -0.497 e. The van der Waals surface area contributed by atoms with Crippen LogP contribution in [0.5, 0.6) is 5.75 Å². The van der Waals surface area contributed by atoms with Crippen LogP contribution in [0, 0.1) is 4.77 Å². The molecule has 0 spiro atoms. The van der Waals surface area contributed by atoms with Crippen molar-refractivity contribution in [1.29, 1.82) is 0 Å². The Labute approximate surface area is 109 Å². The van der Waals surface area contributed by atoms with Gasteiger partial charge in [-0.3, -0.25) is 9.25 Å². The number of rotatable bonds is 2. The summed E-state index contributed by atoms with van der Waals surface area (Å²) in [4.78, 5) is 3.16. The number of hydrogen-bond donors (Lipinski definition) is 1. The molecule has 0 unspecified atom stereocenters. The molecule has 0 saturated carbocycles. The van der Waals surface area contributed by atoms with Gasteiger partial charge in [-0.2, -0.15) is 5.10 Å². The van der Waals surface area contributed by atoms with Gasteiger partial charge in [-0.15, -0.1) is 0 Å². The van der Waals surface area contributed by atoms with Crippen LogP contribution in [0.15, 0.2) is 30.5 Å². The lowest BCUT2D eigenvalue weighted by molar-refractivity contribution is 0.415. The molecule has 3 rings (SSSR count). The Hall–Kier alpha value is -2.08. The minimum atomic E-state index is 0.622. The lowest BCUT2D eigenvalue weighted by atomic mass is 10.3. The molecule has 18 heavy (non-hydrogen) atoms. The molecule has 0 saturated heterocycles. The van der Waals surface area contributed by atoms with Gasteiger partial charge in [0.05, 0.1) is 18.1 Å². The Morgan fingerprint density at radius 3 is 2.83 bits per heavy atom. The fraction of sp³-hybridized carbons (Fsp3) is 0.167. The molecule has 0 atom stereocenters. The Kier molecular flexibility index (Phi) is 2.45. The van der Waals surface area contributed by atoms with E-state index >= 15 is 0 Å². The molecule has 92 valence electrons. The number of benzene rings is 1. The van der Waals surface area contributed by atoms with Gasteiger partial charge in [0.2, 0.25) is 0 Å². The third-order valence-corrected chi connectivity index (χ3v) is 3.10. The van der Waals surface area contributed by atoms with Crippen LogP contribution in [0.3, 0.4) is 0 Å². The van der Waals surface area contributed by atoms with Gasteiger partial charge >= 0.3 is 0 Å². The molecule has 0 aliphatic rings. The van der Waals surface area contributed by atoms with Crippen molar-refractivity contribution in [3.05, 3.63) is 35.2 Å². The van der Waals surface area contributed by atoms with E-state index in [1.165, 1.54) is 0 Å². The average Bonchev–Trinajstić information content (AvgIpc) is 2.90. The second-order valence-corrected chi connectivity index (χ2v) is 4.38. The quantitative estimate of drug-likeness (QED) is 0.720. The topological polar surface area (TPSA) is 47.8 Å². The van der Waals surface area contributed by atoms with E-state index in [4.69, 9.17) is 17.0 Å². The van der Waals surface area contributed by atoms with Crippen LogP contribution in [-0.2, 0) is 7.05 Å². The first-order valence-electron chi connectivity index (χ1n) is 5.48. The predicted octanol–water partition coefficient (Wildman–Crippen LogP) is 2.43. The number of imidazole rings is 1. The monoisotopic (exact) mass is 260 g/mol. The van der Waals surface area contributed by atoms with Gasteiger partial charge in [-0.25, -0.2) is 0 Å². The van der Waals surface area contributed by atoms with Crippen molar-refractivity contribution in [2.45, 2.75) is 0 Å². The summed E-state index contributed by atoms with van der Waals surface area (Å²) in [6.45, 7) is 0. The van der Waals surface area contributed by atoms with E-state index in [9.17, 15) is 0 Å². The smallest absolute Gasteiger partial charge is 0.184 e. The molecule has 0 amide bonds. The highest BCUT2D eigenvalue weighted by Gasteiger charge is 2.09. The molecule has 0 aliphatic carbocycles. The summed E-state index contributed by atoms with van der Waals surface area (Å²) in [6, 6.07) is 7.72. The zero-order valence-electron chi connectivity index (χ0n) is 10.0. The maximum absolute atomic E-state index is 5.34. The van der Waals surface area contributed by atoms with Crippen LogP contribution in [0.1, 0.15) is 0 Å². The highest BCUT2D eigenvalue weighted by Crippen LogP contribution is 2.22. The van der Waals surface area contributed by atoms with Crippen LogP contribution in [0.2, 0.25) is 0 Å². The maximum Gasteiger partial charge on any atom is 0.184 e. The summed E-state index contributed by atoms with van der Waals surface area (Å²) in [5.74, 6) is 1.60. The van der Waals surface area contributed by atoms with E-state index in [2.05, 4.69) is 10.1 Å². The zero-order chi connectivity index (χ0) is 12.7. The molecule has 2 heterocycles. The fourth-order valence-corrected chi connectivity index (χ4v) is 2.27. The molecule has 1 aromatic carbocycles. The minimum absolute atomic E-state index is 0.622. The van der Waals surface area contributed by atoms with Gasteiger partial charge in [-0.1, -0.05) is 0 Å². The lowest BCUT2D eigenvalue weighted by Crippen LogP contribution is -1.97. The third-order valence-electron chi connectivity index (χ3n) is 2.82. The van der Waals surface area contributed by atoms with Crippen molar-refractivity contribution in [2.24, 2.45) is 7.05 Å². The first kappa shape index (κ1) is 11.0. The van der Waals surface area contributed by atoms with E-state index in [1.807, 2.05) is 42.1 Å². The van der Waals surface area contributed by atoms with Crippen molar-refractivity contribution < 1.29 is 4.74 Å². The molecule has 5 nitrogen and oxygen atoms in total. The van der Waals surface area contributed by atoms with E-state index in [1.54, 1.807) is 11.8 Å². The number of hydrogen-bond acceptors (Lipinski definition) is 3. The highest BCUT2D eigenvalue weighted by atomic mass is 32.1. The SMILES string of the molecule is COc1ccc2c(c1)[nH]c(=S)n2-c1ccn(C)n1. The number of methoxy groups -OCH3 is 1. The van der Waals surface area contributed by atoms with E-state index in [0.717, 1.165) is 22.6 Å². The van der Waals surface area contributed by atoms with Crippen LogP contribution in [0.4, 0.5) is 0 Å². The Balaban J connectivity index is 2.29. The van der Waals surface area contributed by atoms with E-state index < -0.39 is 0 Å². The zero-order valence-corrected chi connectivity index (χ0v) is 10.9. The Morgan fingerprint density at radius 2 is 2.17 bits per heavy atom. The van der Waals surface area contributed by atoms with Crippen molar-refractivity contribution in [3.8, 4) is 11.6 Å². The number of fused-ring (bicyclic) bond motifs is 1. The standard InChI is InChI=1S/C12H12N4OS/c1-15-6-5-11(14-15)16-10-4-3-8(17-2)7-9(10)13-12(16)18/h3-7H,1-2H3,(H,13,18). The normalized spacial score (nSPS) is 11.0. The van der Waals surface area contributed by atoms with Crippen molar-refractivity contribution >= 4 is 23.3 Å². The Morgan fingerprint density at radius 1 is 1.33 bits per heavy atom. The molecule has 0 radical (unpaired) electrons. The molecule has 0 bridgehead atoms. The summed E-state index contributed by atoms with van der Waals surface area (Å²) in [5.41, 5.74) is 1.92. The van der Waals surface area contributed by atoms with Gasteiger partial charge in [0, 0.05) is 25.4 Å². The van der Waals surface area contributed by atoms with Crippen LogP contribution in [-0.4, -0.2) is 26.4 Å². The lowest BCUT2D eigenvalue weighted by Gasteiger charge is -2.01. The number of nitrogens with one attached hydrogen (secondary N) is 1. The number of ether oxygens (including phenoxy) is 1. The van der Waals surface area contributed by atoms with E-state index in [0.29, 0.717) is 4.77 Å². The maximum atomic E-state index is 5.34. The average molecular weight is 260 g/mol. The summed E-state index contributed by atoms with van der Waals surface area (Å²) in [6.07, 6.45) is 1.89. The molecule has 1 N–H and O–H groups in total. The largest absolute Gasteiger partial charge is 0.497 e. The highest BCUT2D eigenvalue weighted by molar-refractivity contribution is 7.71. The van der Waals surface area contributed by atoms with Gasteiger partial charge in [0.25, 0.3) is 0 Å². The number of H-pyrrole nitrogens is 1. The Bertz CT molecular complexity index is 768. The first-order valence-corrected chi connectivity index (χ1v) is 5.88. The van der Waals surface area contributed by atoms with Crippen LogP contribution >= 0.6 is 12.2 Å².